The third-order valence-electron chi connectivity index (χ3n) is 1.90. The largest absolute Gasteiger partial charge is 0.295 e. The van der Waals surface area contributed by atoms with Crippen molar-refractivity contribution >= 4 is 31.8 Å². The Morgan fingerprint density at radius 1 is 1.00 bits per heavy atom. The van der Waals surface area contributed by atoms with E-state index in [2.05, 4.69) is 13.2 Å². The molecule has 0 rings (SSSR count). The second kappa shape index (κ2) is 9.55. The summed E-state index contributed by atoms with van der Waals surface area (Å²) in [5.74, 6) is -1.79. The number of rotatable bonds is 8. The van der Waals surface area contributed by atoms with E-state index in [1.54, 1.807) is 0 Å². The Morgan fingerprint density at radius 2 is 1.38 bits per heavy atom. The van der Waals surface area contributed by atoms with Crippen molar-refractivity contribution in [2.75, 3.05) is 11.5 Å². The van der Waals surface area contributed by atoms with Crippen LogP contribution in [0.3, 0.4) is 0 Å². The van der Waals surface area contributed by atoms with E-state index >= 15 is 0 Å². The molecular formula is C11H18O8S2. The molecule has 122 valence electrons. The number of ketones is 2. The van der Waals surface area contributed by atoms with Crippen molar-refractivity contribution in [1.29, 1.82) is 0 Å². The van der Waals surface area contributed by atoms with E-state index in [1.165, 1.54) is 6.92 Å². The first-order chi connectivity index (χ1) is 9.28. The van der Waals surface area contributed by atoms with Crippen molar-refractivity contribution in [1.82, 2.24) is 0 Å². The standard InChI is InChI=1S/C6H10O4S.C5H8O4S/c1-5(2)6(7)3-4-11(8,9)10;1-2-5(6)3-4-10(7,8)9/h1,3-4H2,2H3,(H,8,9,10);2H,1,3-4H2,(H,7,8,9). The zero-order valence-corrected chi connectivity index (χ0v) is 13.1. The zero-order chi connectivity index (χ0) is 17.3. The van der Waals surface area contributed by atoms with Gasteiger partial charge in [-0.15, -0.1) is 0 Å². The third kappa shape index (κ3) is 18.6. The van der Waals surface area contributed by atoms with E-state index in [0.29, 0.717) is 5.57 Å². The number of carbonyl (C=O) groups excluding carboxylic acids is 2. The normalized spacial score (nSPS) is 11.0. The first-order valence-electron chi connectivity index (χ1n) is 5.52. The lowest BCUT2D eigenvalue weighted by molar-refractivity contribution is -0.115. The Kier molecular flexibility index (Phi) is 9.98. The monoisotopic (exact) mass is 342 g/mol. The fraction of sp³-hybridized carbons (Fsp3) is 0.455. The van der Waals surface area contributed by atoms with Gasteiger partial charge in [-0.05, 0) is 18.6 Å². The van der Waals surface area contributed by atoms with E-state index in [9.17, 15) is 26.4 Å². The zero-order valence-electron chi connectivity index (χ0n) is 11.5. The molecule has 0 radical (unpaired) electrons. The molecule has 0 amide bonds. The molecular weight excluding hydrogens is 324 g/mol. The molecule has 8 nitrogen and oxygen atoms in total. The summed E-state index contributed by atoms with van der Waals surface area (Å²) in [6.07, 6.45) is 0.613. The van der Waals surface area contributed by atoms with Gasteiger partial charge in [0.15, 0.2) is 11.6 Å². The highest BCUT2D eigenvalue weighted by molar-refractivity contribution is 7.86. The smallest absolute Gasteiger partial charge is 0.265 e. The van der Waals surface area contributed by atoms with Gasteiger partial charge in [0, 0.05) is 12.8 Å². The van der Waals surface area contributed by atoms with Gasteiger partial charge in [-0.25, -0.2) is 0 Å². The maximum Gasteiger partial charge on any atom is 0.265 e. The summed E-state index contributed by atoms with van der Waals surface area (Å²) in [6.45, 7) is 7.96. The number of hydrogen-bond donors (Lipinski definition) is 2. The lowest BCUT2D eigenvalue weighted by Crippen LogP contribution is -2.09. The van der Waals surface area contributed by atoms with Gasteiger partial charge < -0.3 is 0 Å². The summed E-state index contributed by atoms with van der Waals surface area (Å²) in [5, 5.41) is 0. The van der Waals surface area contributed by atoms with Crippen LogP contribution in [0.2, 0.25) is 0 Å². The van der Waals surface area contributed by atoms with Crippen LogP contribution >= 0.6 is 0 Å². The van der Waals surface area contributed by atoms with Crippen LogP contribution in [0.4, 0.5) is 0 Å². The number of Topliss-reactive ketones (excluding diaryl/α,β-unsaturated/α-hetero) is 1. The Balaban J connectivity index is 0. The highest BCUT2D eigenvalue weighted by atomic mass is 32.2. The van der Waals surface area contributed by atoms with Crippen LogP contribution in [0, 0.1) is 0 Å². The molecule has 0 atom stereocenters. The quantitative estimate of drug-likeness (QED) is 0.477. The average molecular weight is 342 g/mol. The molecule has 2 N–H and O–H groups in total. The second-order valence-electron chi connectivity index (χ2n) is 3.95. The van der Waals surface area contributed by atoms with Crippen LogP contribution in [0.1, 0.15) is 19.8 Å². The lowest BCUT2D eigenvalue weighted by atomic mass is 10.2. The number of hydrogen-bond acceptors (Lipinski definition) is 6. The Labute approximate surface area is 124 Å². The molecule has 0 aliphatic carbocycles. The summed E-state index contributed by atoms with van der Waals surface area (Å²) >= 11 is 0. The van der Waals surface area contributed by atoms with Gasteiger partial charge >= 0.3 is 0 Å². The van der Waals surface area contributed by atoms with Gasteiger partial charge in [0.25, 0.3) is 20.2 Å². The fourth-order valence-corrected chi connectivity index (χ4v) is 1.67. The molecule has 0 aromatic carbocycles. The second-order valence-corrected chi connectivity index (χ2v) is 7.09. The molecule has 0 aliphatic rings. The van der Waals surface area contributed by atoms with Crippen LogP contribution in [0.15, 0.2) is 24.8 Å². The lowest BCUT2D eigenvalue weighted by Gasteiger charge is -1.95. The summed E-state index contributed by atoms with van der Waals surface area (Å²) in [7, 11) is -8.01. The molecule has 0 bridgehead atoms. The predicted octanol–water partition coefficient (Wildman–Crippen LogP) is 0.429. The van der Waals surface area contributed by atoms with E-state index in [-0.39, 0.29) is 18.6 Å². The van der Waals surface area contributed by atoms with Crippen molar-refractivity contribution < 1.29 is 35.5 Å². The van der Waals surface area contributed by atoms with E-state index < -0.39 is 37.5 Å². The SMILES string of the molecule is C=C(C)C(=O)CCS(=O)(=O)O.C=CC(=O)CCS(=O)(=O)O. The van der Waals surface area contributed by atoms with Crippen molar-refractivity contribution in [3.8, 4) is 0 Å². The number of carbonyl (C=O) groups is 2. The van der Waals surface area contributed by atoms with Crippen LogP contribution in [-0.2, 0) is 29.8 Å². The van der Waals surface area contributed by atoms with Crippen molar-refractivity contribution in [2.45, 2.75) is 19.8 Å². The number of allylic oxidation sites excluding steroid dienone is 2. The maximum absolute atomic E-state index is 10.7. The predicted molar refractivity (Wildman–Crippen MR) is 77.1 cm³/mol. The summed E-state index contributed by atoms with van der Waals surface area (Å²) in [4.78, 5) is 21.1. The van der Waals surface area contributed by atoms with Crippen molar-refractivity contribution in [3.05, 3.63) is 24.8 Å². The molecule has 0 spiro atoms. The minimum Gasteiger partial charge on any atom is -0.295 e. The van der Waals surface area contributed by atoms with Gasteiger partial charge in [0.2, 0.25) is 0 Å². The Bertz CT molecular complexity index is 598. The summed E-state index contributed by atoms with van der Waals surface area (Å²) in [6, 6.07) is 0. The first-order valence-corrected chi connectivity index (χ1v) is 8.74. The van der Waals surface area contributed by atoms with Crippen LogP contribution in [0.25, 0.3) is 0 Å². The van der Waals surface area contributed by atoms with Gasteiger partial charge in [-0.2, -0.15) is 16.8 Å². The molecule has 0 saturated carbocycles. The maximum atomic E-state index is 10.7. The first kappa shape index (κ1) is 21.9. The molecule has 0 aromatic rings. The molecule has 0 aliphatic heterocycles. The van der Waals surface area contributed by atoms with Crippen LogP contribution < -0.4 is 0 Å². The molecule has 21 heavy (non-hydrogen) atoms. The van der Waals surface area contributed by atoms with Gasteiger partial charge in [-0.1, -0.05) is 13.2 Å². The fourth-order valence-electron chi connectivity index (χ4n) is 0.767. The summed E-state index contributed by atoms with van der Waals surface area (Å²) < 4.78 is 56.7. The van der Waals surface area contributed by atoms with Crippen LogP contribution in [-0.4, -0.2) is 49.0 Å². The van der Waals surface area contributed by atoms with Crippen LogP contribution in [0.5, 0.6) is 0 Å². The molecule has 0 fully saturated rings. The molecule has 0 heterocycles. The Morgan fingerprint density at radius 3 is 1.67 bits per heavy atom. The minimum atomic E-state index is -4.01. The Hall–Kier alpha value is -1.36. The van der Waals surface area contributed by atoms with Gasteiger partial charge in [-0.3, -0.25) is 18.7 Å². The molecule has 0 saturated heterocycles. The average Bonchev–Trinajstić information content (AvgIpc) is 2.31. The third-order valence-corrected chi connectivity index (χ3v) is 3.34. The van der Waals surface area contributed by atoms with E-state index in [0.717, 1.165) is 6.08 Å². The van der Waals surface area contributed by atoms with Gasteiger partial charge in [0.1, 0.15) is 0 Å². The van der Waals surface area contributed by atoms with Crippen molar-refractivity contribution in [2.24, 2.45) is 0 Å². The highest BCUT2D eigenvalue weighted by Gasteiger charge is 2.09. The molecule has 10 heteroatoms. The highest BCUT2D eigenvalue weighted by Crippen LogP contribution is 1.97. The summed E-state index contributed by atoms with van der Waals surface area (Å²) in [5.41, 5.74) is 0.300. The van der Waals surface area contributed by atoms with Gasteiger partial charge in [0.05, 0.1) is 11.5 Å². The molecule has 0 aromatic heterocycles. The van der Waals surface area contributed by atoms with E-state index in [1.807, 2.05) is 0 Å². The van der Waals surface area contributed by atoms with E-state index in [4.69, 9.17) is 9.11 Å². The minimum absolute atomic E-state index is 0.200. The molecule has 0 unspecified atom stereocenters. The van der Waals surface area contributed by atoms with Crippen molar-refractivity contribution in [3.63, 3.8) is 0 Å². The topological polar surface area (TPSA) is 143 Å².